The van der Waals surface area contributed by atoms with Crippen molar-refractivity contribution >= 4 is 11.0 Å². The Bertz CT molecular complexity index is 1200. The highest BCUT2D eigenvalue weighted by atomic mass is 16.5. The van der Waals surface area contributed by atoms with Crippen LogP contribution in [-0.4, -0.2) is 7.11 Å². The molecule has 0 saturated heterocycles. The minimum absolute atomic E-state index is 0.365. The lowest BCUT2D eigenvalue weighted by molar-refractivity contribution is -0.712. The van der Waals surface area contributed by atoms with Gasteiger partial charge in [0.05, 0.1) is 12.5 Å². The normalized spacial score (nSPS) is 11.6. The topological polar surface area (TPSA) is 43.3 Å². The van der Waals surface area contributed by atoms with E-state index in [1.54, 1.807) is 11.7 Å². The van der Waals surface area contributed by atoms with Crippen LogP contribution >= 0.6 is 0 Å². The lowest BCUT2D eigenvalue weighted by Crippen LogP contribution is -2.49. The molecule has 0 aliphatic heterocycles. The number of methoxy groups -OCH3 is 1. The van der Waals surface area contributed by atoms with E-state index in [0.717, 1.165) is 27.8 Å². The van der Waals surface area contributed by atoms with Gasteiger partial charge >= 0.3 is 5.76 Å². The molecule has 4 rings (SSSR count). The average Bonchev–Trinajstić information content (AvgIpc) is 2.75. The van der Waals surface area contributed by atoms with Crippen LogP contribution in [0.2, 0.25) is 0 Å². The summed E-state index contributed by atoms with van der Waals surface area (Å²) in [7, 11) is 1.65. The van der Waals surface area contributed by atoms with Gasteiger partial charge in [0, 0.05) is 16.5 Å². The van der Waals surface area contributed by atoms with E-state index in [-0.39, 0.29) is 11.2 Å². The highest BCUT2D eigenvalue weighted by Gasteiger charge is 2.29. The maximum atomic E-state index is 12.8. The first-order valence-electron chi connectivity index (χ1n) is 9.64. The highest BCUT2D eigenvalue weighted by Crippen LogP contribution is 2.37. The van der Waals surface area contributed by atoms with Crippen molar-refractivity contribution in [1.82, 2.24) is 0 Å². The van der Waals surface area contributed by atoms with Gasteiger partial charge in [-0.2, -0.15) is 4.79 Å². The molecule has 0 aliphatic carbocycles. The zero-order chi connectivity index (χ0) is 20.4. The first-order valence-corrected chi connectivity index (χ1v) is 9.64. The van der Waals surface area contributed by atoms with Crippen LogP contribution in [0.3, 0.4) is 0 Å². The van der Waals surface area contributed by atoms with Crippen LogP contribution in [-0.2, 0) is 12.0 Å². The van der Waals surface area contributed by atoms with Gasteiger partial charge in [0.2, 0.25) is 0 Å². The first kappa shape index (κ1) is 18.9. The lowest BCUT2D eigenvalue weighted by atomic mass is 9.77. The molecule has 3 aromatic carbocycles. The third kappa shape index (κ3) is 3.66. The van der Waals surface area contributed by atoms with Crippen molar-refractivity contribution in [2.75, 3.05) is 7.11 Å². The van der Waals surface area contributed by atoms with Gasteiger partial charge in [-0.25, -0.2) is 0 Å². The molecule has 0 saturated carbocycles. The Kier molecular flexibility index (Phi) is 4.93. The summed E-state index contributed by atoms with van der Waals surface area (Å²) in [6, 6.07) is 23.9. The number of hydrogen-bond donors (Lipinski definition) is 0. The van der Waals surface area contributed by atoms with E-state index in [1.165, 1.54) is 0 Å². The van der Waals surface area contributed by atoms with Gasteiger partial charge in [0.15, 0.2) is 18.3 Å². The van der Waals surface area contributed by atoms with Crippen LogP contribution in [0.4, 0.5) is 0 Å². The molecule has 0 N–H and O–H groups in total. The zero-order valence-corrected chi connectivity index (χ0v) is 16.9. The van der Waals surface area contributed by atoms with Gasteiger partial charge in [-0.05, 0) is 17.7 Å². The maximum Gasteiger partial charge on any atom is 0.602 e. The molecule has 1 aromatic heterocycles. The molecule has 0 unspecified atom stereocenters. The summed E-state index contributed by atoms with van der Waals surface area (Å²) in [6.07, 6.45) is 1.85. The molecule has 146 valence electrons. The molecule has 0 aliphatic rings. The zero-order valence-electron chi connectivity index (χ0n) is 16.9. The molecule has 0 radical (unpaired) electrons. The van der Waals surface area contributed by atoms with Crippen LogP contribution in [0, 0.1) is 0 Å². The number of hydrogen-bond acceptors (Lipinski definition) is 3. The van der Waals surface area contributed by atoms with E-state index < -0.39 is 0 Å². The van der Waals surface area contributed by atoms with Gasteiger partial charge in [-0.1, -0.05) is 74.5 Å². The van der Waals surface area contributed by atoms with Gasteiger partial charge in [-0.3, -0.25) is 0 Å². The Balaban J connectivity index is 1.90. The lowest BCUT2D eigenvalue weighted by Gasteiger charge is -2.26. The Hall–Kier alpha value is -3.40. The van der Waals surface area contributed by atoms with Crippen molar-refractivity contribution in [2.24, 2.45) is 0 Å². The van der Waals surface area contributed by atoms with Crippen LogP contribution < -0.4 is 15.1 Å². The summed E-state index contributed by atoms with van der Waals surface area (Å²) >= 11 is 0. The molecule has 0 spiro atoms. The van der Waals surface area contributed by atoms with E-state index in [2.05, 4.69) is 26.0 Å². The fourth-order valence-corrected chi connectivity index (χ4v) is 3.68. The number of rotatable bonds is 5. The standard InChI is InChI=1S/C25H24NO3/c1-25(2,20-12-8-5-9-13-20)22-15-21(28-3)14-19-17-26(24(27)29-23(19)22)16-18-10-6-4-7-11-18/h4-15,17H,16H2,1-3H3/q+1. The first-order chi connectivity index (χ1) is 14.0. The van der Waals surface area contributed by atoms with Crippen LogP contribution in [0.5, 0.6) is 5.75 Å². The van der Waals surface area contributed by atoms with Crippen molar-refractivity contribution in [1.29, 1.82) is 0 Å². The van der Waals surface area contributed by atoms with Crippen LogP contribution in [0.15, 0.2) is 88.2 Å². The fraction of sp³-hybridized carbons (Fsp3) is 0.200. The molecule has 4 aromatic rings. The van der Waals surface area contributed by atoms with E-state index in [4.69, 9.17) is 9.15 Å². The minimum atomic E-state index is -0.378. The number of nitrogens with zero attached hydrogens (tertiary/aromatic N) is 1. The van der Waals surface area contributed by atoms with Crippen LogP contribution in [0.1, 0.15) is 30.5 Å². The highest BCUT2D eigenvalue weighted by molar-refractivity contribution is 5.82. The molecular weight excluding hydrogens is 362 g/mol. The number of ether oxygens (including phenoxy) is 1. The predicted molar refractivity (Wildman–Crippen MR) is 113 cm³/mol. The summed E-state index contributed by atoms with van der Waals surface area (Å²) in [5, 5.41) is 0.832. The van der Waals surface area contributed by atoms with E-state index in [9.17, 15) is 4.79 Å². The largest absolute Gasteiger partial charge is 0.602 e. The number of fused-ring (bicyclic) bond motifs is 1. The van der Waals surface area contributed by atoms with Gasteiger partial charge in [0.1, 0.15) is 5.75 Å². The summed E-state index contributed by atoms with van der Waals surface area (Å²) in [4.78, 5) is 12.8. The Morgan fingerprint density at radius 3 is 2.28 bits per heavy atom. The molecule has 1 heterocycles. The SMILES string of the molecule is COc1cc(C(C)(C)c2ccccc2)c2oc(=O)[n+](Cc3ccccc3)cc2c1. The molecule has 29 heavy (non-hydrogen) atoms. The van der Waals surface area contributed by atoms with Crippen LogP contribution in [0.25, 0.3) is 11.0 Å². The van der Waals surface area contributed by atoms with Gasteiger partial charge in [0.25, 0.3) is 0 Å². The second kappa shape index (κ2) is 7.55. The van der Waals surface area contributed by atoms with E-state index in [0.29, 0.717) is 12.1 Å². The second-order valence-electron chi connectivity index (χ2n) is 7.69. The average molecular weight is 386 g/mol. The number of benzene rings is 3. The summed E-state index contributed by atoms with van der Waals surface area (Å²) in [5.74, 6) is 0.355. The van der Waals surface area contributed by atoms with Crippen molar-refractivity contribution in [3.05, 3.63) is 106 Å². The number of aromatic nitrogens is 1. The molecule has 4 heteroatoms. The van der Waals surface area contributed by atoms with Crippen molar-refractivity contribution < 1.29 is 13.7 Å². The summed E-state index contributed by atoms with van der Waals surface area (Å²) in [5.41, 5.74) is 3.32. The second-order valence-corrected chi connectivity index (χ2v) is 7.69. The minimum Gasteiger partial charge on any atom is -0.497 e. The Morgan fingerprint density at radius 1 is 0.966 bits per heavy atom. The molecule has 0 amide bonds. The van der Waals surface area contributed by atoms with Gasteiger partial charge < -0.3 is 9.15 Å². The Labute approximate surface area is 170 Å². The fourth-order valence-electron chi connectivity index (χ4n) is 3.68. The van der Waals surface area contributed by atoms with Gasteiger partial charge in [-0.15, -0.1) is 4.57 Å². The monoisotopic (exact) mass is 386 g/mol. The molecule has 0 fully saturated rings. The molecule has 0 atom stereocenters. The Morgan fingerprint density at radius 2 is 1.62 bits per heavy atom. The van der Waals surface area contributed by atoms with E-state index >= 15 is 0 Å². The predicted octanol–water partition coefficient (Wildman–Crippen LogP) is 4.46. The maximum absolute atomic E-state index is 12.8. The van der Waals surface area contributed by atoms with Crippen molar-refractivity contribution in [2.45, 2.75) is 25.8 Å². The summed E-state index contributed by atoms with van der Waals surface area (Å²) < 4.78 is 13.0. The third-order valence-electron chi connectivity index (χ3n) is 5.41. The van der Waals surface area contributed by atoms with E-state index in [1.807, 2.05) is 66.9 Å². The molecular formula is C25H24NO3+. The molecule has 0 bridgehead atoms. The van der Waals surface area contributed by atoms with Crippen molar-refractivity contribution in [3.63, 3.8) is 0 Å². The van der Waals surface area contributed by atoms with Crippen molar-refractivity contribution in [3.8, 4) is 5.75 Å². The smallest absolute Gasteiger partial charge is 0.497 e. The third-order valence-corrected chi connectivity index (χ3v) is 5.41. The summed E-state index contributed by atoms with van der Waals surface area (Å²) in [6.45, 7) is 4.71. The quantitative estimate of drug-likeness (QED) is 0.476. The molecule has 4 nitrogen and oxygen atoms in total.